The maximum absolute atomic E-state index is 11.8. The number of hydrogen-bond acceptors (Lipinski definition) is 5. The van der Waals surface area contributed by atoms with Crippen LogP contribution in [0.25, 0.3) is 0 Å². The second-order valence-electron chi connectivity index (χ2n) is 5.37. The predicted molar refractivity (Wildman–Crippen MR) is 85.0 cm³/mol. The van der Waals surface area contributed by atoms with Crippen LogP contribution in [0.2, 0.25) is 0 Å². The molecule has 23 heavy (non-hydrogen) atoms. The van der Waals surface area contributed by atoms with Gasteiger partial charge in [-0.25, -0.2) is 4.79 Å². The second-order valence-corrected chi connectivity index (χ2v) is 5.37. The van der Waals surface area contributed by atoms with Crippen molar-refractivity contribution in [1.82, 2.24) is 5.32 Å². The Morgan fingerprint density at radius 3 is 2.52 bits per heavy atom. The predicted octanol–water partition coefficient (Wildman–Crippen LogP) is 0.710. The summed E-state index contributed by atoms with van der Waals surface area (Å²) in [6.07, 6.45) is 2.76. The molecule has 126 valence electrons. The minimum Gasteiger partial charge on any atom is -0.507 e. The molecule has 1 amide bonds. The van der Waals surface area contributed by atoms with Crippen LogP contribution in [0.5, 0.6) is 5.75 Å². The van der Waals surface area contributed by atoms with E-state index in [0.717, 1.165) is 12.8 Å². The van der Waals surface area contributed by atoms with Gasteiger partial charge >= 0.3 is 13.1 Å². The topological polar surface area (TPSA) is 127 Å². The molecule has 7 nitrogen and oxygen atoms in total. The lowest BCUT2D eigenvalue weighted by molar-refractivity contribution is -0.121. The minimum atomic E-state index is -1.82. The van der Waals surface area contributed by atoms with Gasteiger partial charge in [0, 0.05) is 6.42 Å². The second kappa shape index (κ2) is 9.17. The van der Waals surface area contributed by atoms with Crippen molar-refractivity contribution in [2.24, 2.45) is 0 Å². The van der Waals surface area contributed by atoms with Crippen molar-refractivity contribution in [3.8, 4) is 5.75 Å². The van der Waals surface area contributed by atoms with Crippen molar-refractivity contribution in [2.75, 3.05) is 0 Å². The van der Waals surface area contributed by atoms with Gasteiger partial charge in [-0.05, 0) is 24.5 Å². The van der Waals surface area contributed by atoms with E-state index < -0.39 is 24.8 Å². The van der Waals surface area contributed by atoms with Gasteiger partial charge in [-0.3, -0.25) is 4.79 Å². The molecule has 0 fully saturated rings. The Kier molecular flexibility index (Phi) is 7.57. The normalized spacial score (nSPS) is 11.8. The molecular weight excluding hydrogens is 301 g/mol. The first-order chi connectivity index (χ1) is 10.9. The van der Waals surface area contributed by atoms with Crippen molar-refractivity contribution in [2.45, 2.75) is 45.0 Å². The standard InChI is InChI=1S/C15H22BNO6/c1-2-3-4-8-13(18)17-12(16(22)23)9-10-6-5-7-11(14(10)19)15(20)21/h5-7,12,19,22-23H,2-4,8-9H2,1H3,(H,17,18)(H,20,21). The third kappa shape index (κ3) is 5.92. The van der Waals surface area contributed by atoms with E-state index in [0.29, 0.717) is 6.42 Å². The largest absolute Gasteiger partial charge is 0.507 e. The highest BCUT2D eigenvalue weighted by molar-refractivity contribution is 6.43. The molecule has 1 aromatic carbocycles. The maximum Gasteiger partial charge on any atom is 0.475 e. The average molecular weight is 323 g/mol. The van der Waals surface area contributed by atoms with E-state index in [1.807, 2.05) is 6.92 Å². The zero-order valence-electron chi connectivity index (χ0n) is 13.0. The van der Waals surface area contributed by atoms with Gasteiger partial charge in [0.25, 0.3) is 0 Å². The van der Waals surface area contributed by atoms with E-state index >= 15 is 0 Å². The molecule has 0 spiro atoms. The van der Waals surface area contributed by atoms with Crippen LogP contribution < -0.4 is 5.32 Å². The Hall–Kier alpha value is -2.06. The number of carboxylic acid groups (broad SMARTS) is 1. The molecule has 0 aliphatic carbocycles. The van der Waals surface area contributed by atoms with Crippen molar-refractivity contribution in [3.63, 3.8) is 0 Å². The number of benzene rings is 1. The Bertz CT molecular complexity index is 549. The number of carbonyl (C=O) groups excluding carboxylic acids is 1. The molecule has 1 aromatic rings. The van der Waals surface area contributed by atoms with Crippen LogP contribution in [0.15, 0.2) is 18.2 Å². The number of carbonyl (C=O) groups is 2. The first-order valence-electron chi connectivity index (χ1n) is 7.56. The van der Waals surface area contributed by atoms with Gasteiger partial charge in [-0.2, -0.15) is 0 Å². The number of amides is 1. The van der Waals surface area contributed by atoms with Gasteiger partial charge in [0.2, 0.25) is 5.91 Å². The van der Waals surface area contributed by atoms with Crippen molar-refractivity contribution in [3.05, 3.63) is 29.3 Å². The fraction of sp³-hybridized carbons (Fsp3) is 0.467. The Labute approximate surface area is 135 Å². The first-order valence-corrected chi connectivity index (χ1v) is 7.56. The number of hydrogen-bond donors (Lipinski definition) is 5. The Morgan fingerprint density at radius 1 is 1.26 bits per heavy atom. The molecule has 1 unspecified atom stereocenters. The highest BCUT2D eigenvalue weighted by Crippen LogP contribution is 2.24. The number of rotatable bonds is 9. The summed E-state index contributed by atoms with van der Waals surface area (Å²) in [5.74, 6) is -3.07. The fourth-order valence-corrected chi connectivity index (χ4v) is 2.21. The summed E-state index contributed by atoms with van der Waals surface area (Å²) in [7, 11) is -1.82. The van der Waals surface area contributed by atoms with Gasteiger partial charge in [-0.1, -0.05) is 31.9 Å². The fourth-order valence-electron chi connectivity index (χ4n) is 2.21. The smallest absolute Gasteiger partial charge is 0.475 e. The van der Waals surface area contributed by atoms with Gasteiger partial charge in [-0.15, -0.1) is 0 Å². The van der Waals surface area contributed by atoms with Crippen molar-refractivity contribution >= 4 is 19.0 Å². The van der Waals surface area contributed by atoms with Gasteiger partial charge in [0.05, 0.1) is 5.94 Å². The van der Waals surface area contributed by atoms with Crippen molar-refractivity contribution in [1.29, 1.82) is 0 Å². The van der Waals surface area contributed by atoms with Crippen LogP contribution in [0.4, 0.5) is 0 Å². The maximum atomic E-state index is 11.8. The molecule has 0 aliphatic rings. The lowest BCUT2D eigenvalue weighted by Gasteiger charge is -2.19. The van der Waals surface area contributed by atoms with E-state index in [4.69, 9.17) is 5.11 Å². The van der Waals surface area contributed by atoms with Crippen LogP contribution in [-0.2, 0) is 11.2 Å². The summed E-state index contributed by atoms with van der Waals surface area (Å²) in [5.41, 5.74) is -0.0557. The first kappa shape index (κ1) is 19.0. The average Bonchev–Trinajstić information content (AvgIpc) is 2.48. The quantitative estimate of drug-likeness (QED) is 0.336. The highest BCUT2D eigenvalue weighted by atomic mass is 16.4. The monoisotopic (exact) mass is 323 g/mol. The number of aromatic hydroxyl groups is 1. The Balaban J connectivity index is 2.79. The molecule has 1 atom stereocenters. The number of aromatic carboxylic acids is 1. The molecule has 0 bridgehead atoms. The lowest BCUT2D eigenvalue weighted by atomic mass is 9.75. The summed E-state index contributed by atoms with van der Waals surface area (Å²) in [6.45, 7) is 2.01. The van der Waals surface area contributed by atoms with E-state index in [1.165, 1.54) is 18.2 Å². The van der Waals surface area contributed by atoms with Crippen LogP contribution in [-0.4, -0.2) is 45.2 Å². The molecule has 1 rings (SSSR count). The van der Waals surface area contributed by atoms with Gasteiger partial charge in [0.15, 0.2) is 0 Å². The van der Waals surface area contributed by atoms with Crippen LogP contribution in [0.1, 0.15) is 48.5 Å². The van der Waals surface area contributed by atoms with E-state index in [9.17, 15) is 24.7 Å². The van der Waals surface area contributed by atoms with Crippen molar-refractivity contribution < 1.29 is 29.9 Å². The summed E-state index contributed by atoms with van der Waals surface area (Å²) < 4.78 is 0. The highest BCUT2D eigenvalue weighted by Gasteiger charge is 2.27. The molecule has 0 saturated carbocycles. The zero-order valence-corrected chi connectivity index (χ0v) is 13.0. The third-order valence-corrected chi connectivity index (χ3v) is 3.50. The zero-order chi connectivity index (χ0) is 17.4. The summed E-state index contributed by atoms with van der Waals surface area (Å²) in [4.78, 5) is 22.8. The number of unbranched alkanes of at least 4 members (excludes halogenated alkanes) is 2. The molecule has 5 N–H and O–H groups in total. The molecule has 0 aliphatic heterocycles. The molecule has 8 heteroatoms. The third-order valence-electron chi connectivity index (χ3n) is 3.50. The number of para-hydroxylation sites is 1. The van der Waals surface area contributed by atoms with Crippen LogP contribution in [0.3, 0.4) is 0 Å². The minimum absolute atomic E-state index is 0.0931. The number of phenols is 1. The molecule has 0 aromatic heterocycles. The van der Waals surface area contributed by atoms with E-state index in [2.05, 4.69) is 5.32 Å². The molecule has 0 saturated heterocycles. The summed E-state index contributed by atoms with van der Waals surface area (Å²) >= 11 is 0. The summed E-state index contributed by atoms with van der Waals surface area (Å²) in [6, 6.07) is 4.16. The van der Waals surface area contributed by atoms with E-state index in [-0.39, 0.29) is 29.9 Å². The Morgan fingerprint density at radius 2 is 1.96 bits per heavy atom. The molecular formula is C15H22BNO6. The van der Waals surface area contributed by atoms with Crippen LogP contribution in [0, 0.1) is 0 Å². The van der Waals surface area contributed by atoms with Gasteiger partial charge in [0.1, 0.15) is 11.3 Å². The lowest BCUT2D eigenvalue weighted by Crippen LogP contribution is -2.47. The summed E-state index contributed by atoms with van der Waals surface area (Å²) in [5, 5.41) is 40.2. The van der Waals surface area contributed by atoms with E-state index in [1.54, 1.807) is 0 Å². The SMILES string of the molecule is CCCCCC(=O)NC(Cc1cccc(C(=O)O)c1O)B(O)O. The van der Waals surface area contributed by atoms with Crippen LogP contribution >= 0.6 is 0 Å². The van der Waals surface area contributed by atoms with Gasteiger partial charge < -0.3 is 25.6 Å². The number of nitrogens with one attached hydrogen (secondary N) is 1. The molecule has 0 radical (unpaired) electrons. The molecule has 0 heterocycles. The number of carboxylic acids is 1.